The number of benzene rings is 2. The molecule has 4 rings (SSSR count). The van der Waals surface area contributed by atoms with Gasteiger partial charge in [-0.05, 0) is 43.9 Å². The van der Waals surface area contributed by atoms with E-state index in [9.17, 15) is 27.5 Å². The molecule has 1 saturated heterocycles. The number of pyridine rings is 1. The van der Waals surface area contributed by atoms with E-state index in [4.69, 9.17) is 4.74 Å². The van der Waals surface area contributed by atoms with Gasteiger partial charge in [0.1, 0.15) is 36.0 Å². The van der Waals surface area contributed by atoms with Crippen LogP contribution >= 0.6 is 0 Å². The van der Waals surface area contributed by atoms with Gasteiger partial charge in [0.25, 0.3) is 0 Å². The Morgan fingerprint density at radius 1 is 1.18 bits per heavy atom. The summed E-state index contributed by atoms with van der Waals surface area (Å²) in [7, 11) is 1.47. The molecule has 1 atom stereocenters. The van der Waals surface area contributed by atoms with E-state index in [-0.39, 0.29) is 43.4 Å². The highest BCUT2D eigenvalue weighted by Gasteiger charge is 2.41. The van der Waals surface area contributed by atoms with E-state index in [2.05, 4.69) is 16.8 Å². The van der Waals surface area contributed by atoms with E-state index in [1.165, 1.54) is 13.3 Å². The Morgan fingerprint density at radius 3 is 2.49 bits per heavy atom. The Hall–Kier alpha value is -3.71. The van der Waals surface area contributed by atoms with Gasteiger partial charge in [0.05, 0.1) is 30.1 Å². The Kier molecular flexibility index (Phi) is 8.70. The Balaban J connectivity index is 1.44. The van der Waals surface area contributed by atoms with Crippen LogP contribution in [0.3, 0.4) is 0 Å². The summed E-state index contributed by atoms with van der Waals surface area (Å²) in [5.74, 6) is 1.23. The zero-order chi connectivity index (χ0) is 28.2. The summed E-state index contributed by atoms with van der Waals surface area (Å²) >= 11 is 0. The van der Waals surface area contributed by atoms with Gasteiger partial charge < -0.3 is 9.84 Å². The fourth-order valence-corrected chi connectivity index (χ4v) is 5.00. The molecule has 1 aliphatic rings. The van der Waals surface area contributed by atoms with E-state index in [0.29, 0.717) is 41.9 Å². The number of alkyl halides is 2. The standard InChI is InChI=1S/C29H27F5N2O3/c1-39-20-4-5-26-22(15-20)27(18(16-30)17-35-26)23(32)6-7-29(28(37)38)8-11-36(12-9-29)10-2-3-21-24(33)13-19(31)14-25(21)34/h4-5,13-15,17,23H,6-12,16H2,1H3,(H,37,38)/t23-/m1/s1. The second-order valence-electron chi connectivity index (χ2n) is 9.63. The van der Waals surface area contributed by atoms with Crippen LogP contribution in [0.2, 0.25) is 0 Å². The average molecular weight is 547 g/mol. The number of nitrogens with zero attached hydrogens (tertiary/aromatic N) is 2. The number of hydrogen-bond acceptors (Lipinski definition) is 4. The molecular formula is C29H27F5N2O3. The minimum Gasteiger partial charge on any atom is -0.497 e. The van der Waals surface area contributed by atoms with Crippen molar-refractivity contribution in [2.45, 2.75) is 38.5 Å². The highest BCUT2D eigenvalue weighted by Crippen LogP contribution is 2.41. The van der Waals surface area contributed by atoms with Crippen LogP contribution in [0.4, 0.5) is 22.0 Å². The number of piperidine rings is 1. The summed E-state index contributed by atoms with van der Waals surface area (Å²) < 4.78 is 75.3. The SMILES string of the molecule is COc1ccc2ncc(CF)c([C@H](F)CCC3(C(=O)O)CCN(CC#Cc4c(F)cc(F)cc4F)CC3)c2c1. The Labute approximate surface area is 222 Å². The molecule has 39 heavy (non-hydrogen) atoms. The number of ether oxygens (including phenoxy) is 1. The number of hydrogen-bond donors (Lipinski definition) is 1. The number of carboxylic acids is 1. The number of carbonyl (C=O) groups is 1. The number of likely N-dealkylation sites (tertiary alicyclic amines) is 1. The van der Waals surface area contributed by atoms with Gasteiger partial charge in [0, 0.05) is 47.9 Å². The van der Waals surface area contributed by atoms with Crippen LogP contribution in [0.1, 0.15) is 48.5 Å². The third-order valence-electron chi connectivity index (χ3n) is 7.32. The Bertz CT molecular complexity index is 1400. The van der Waals surface area contributed by atoms with Crippen molar-refractivity contribution in [2.75, 3.05) is 26.7 Å². The molecule has 0 amide bonds. The third kappa shape index (κ3) is 6.14. The van der Waals surface area contributed by atoms with Crippen molar-refractivity contribution in [3.63, 3.8) is 0 Å². The third-order valence-corrected chi connectivity index (χ3v) is 7.32. The van der Waals surface area contributed by atoms with Gasteiger partial charge in [-0.15, -0.1) is 0 Å². The topological polar surface area (TPSA) is 62.7 Å². The van der Waals surface area contributed by atoms with E-state index in [1.54, 1.807) is 18.2 Å². The first kappa shape index (κ1) is 28.3. The predicted octanol–water partition coefficient (Wildman–Crippen LogP) is 6.14. The van der Waals surface area contributed by atoms with Crippen LogP contribution in [-0.2, 0) is 11.5 Å². The van der Waals surface area contributed by atoms with Crippen molar-refractivity contribution in [1.82, 2.24) is 9.88 Å². The first-order chi connectivity index (χ1) is 18.7. The highest BCUT2D eigenvalue weighted by atomic mass is 19.2. The second-order valence-corrected chi connectivity index (χ2v) is 9.63. The van der Waals surface area contributed by atoms with Crippen LogP contribution in [-0.4, -0.2) is 47.7 Å². The monoisotopic (exact) mass is 546 g/mol. The first-order valence-corrected chi connectivity index (χ1v) is 12.4. The molecule has 0 saturated carbocycles. The minimum atomic E-state index is -1.62. The van der Waals surface area contributed by atoms with Crippen molar-refractivity contribution in [3.8, 4) is 17.6 Å². The molecule has 1 N–H and O–H groups in total. The molecule has 5 nitrogen and oxygen atoms in total. The molecule has 206 valence electrons. The number of fused-ring (bicyclic) bond motifs is 1. The molecule has 1 aromatic heterocycles. The molecule has 1 aliphatic heterocycles. The van der Waals surface area contributed by atoms with Gasteiger partial charge in [-0.3, -0.25) is 14.7 Å². The number of methoxy groups -OCH3 is 1. The molecule has 3 aromatic rings. The molecule has 2 heterocycles. The van der Waals surface area contributed by atoms with Crippen LogP contribution in [0.15, 0.2) is 36.5 Å². The lowest BCUT2D eigenvalue weighted by Gasteiger charge is -2.38. The fraction of sp³-hybridized carbons (Fsp3) is 0.379. The summed E-state index contributed by atoms with van der Waals surface area (Å²) in [6.45, 7) is -0.126. The number of rotatable bonds is 8. The molecule has 0 aliphatic carbocycles. The lowest BCUT2D eigenvalue weighted by Crippen LogP contribution is -2.44. The second kappa shape index (κ2) is 12.0. The van der Waals surface area contributed by atoms with Crippen LogP contribution in [0.25, 0.3) is 10.9 Å². The first-order valence-electron chi connectivity index (χ1n) is 12.4. The van der Waals surface area contributed by atoms with Gasteiger partial charge in [-0.2, -0.15) is 0 Å². The van der Waals surface area contributed by atoms with Gasteiger partial charge in [0.2, 0.25) is 0 Å². The number of aliphatic carboxylic acids is 1. The lowest BCUT2D eigenvalue weighted by molar-refractivity contribution is -0.152. The zero-order valence-electron chi connectivity index (χ0n) is 21.2. The van der Waals surface area contributed by atoms with Gasteiger partial charge in [-0.25, -0.2) is 22.0 Å². The molecule has 0 radical (unpaired) electrons. The maximum absolute atomic E-state index is 15.7. The lowest BCUT2D eigenvalue weighted by atomic mass is 9.74. The molecule has 0 spiro atoms. The molecule has 2 aromatic carbocycles. The predicted molar refractivity (Wildman–Crippen MR) is 135 cm³/mol. The van der Waals surface area contributed by atoms with E-state index in [1.807, 2.05) is 4.90 Å². The molecule has 1 fully saturated rings. The van der Waals surface area contributed by atoms with E-state index in [0.717, 1.165) is 0 Å². The zero-order valence-corrected chi connectivity index (χ0v) is 21.2. The quantitative estimate of drug-likeness (QED) is 0.272. The largest absolute Gasteiger partial charge is 0.497 e. The van der Waals surface area contributed by atoms with Crippen molar-refractivity contribution >= 4 is 16.9 Å². The van der Waals surface area contributed by atoms with Crippen LogP contribution < -0.4 is 4.74 Å². The van der Waals surface area contributed by atoms with Gasteiger partial charge in [0.15, 0.2) is 0 Å². The van der Waals surface area contributed by atoms with Crippen LogP contribution in [0.5, 0.6) is 5.75 Å². The minimum absolute atomic E-state index is 0.0362. The summed E-state index contributed by atoms with van der Waals surface area (Å²) in [6, 6.07) is 6.03. The normalized spacial score (nSPS) is 15.9. The number of carboxylic acid groups (broad SMARTS) is 1. The number of halogens is 5. The average Bonchev–Trinajstić information content (AvgIpc) is 2.92. The Morgan fingerprint density at radius 2 is 1.87 bits per heavy atom. The molecule has 0 bridgehead atoms. The summed E-state index contributed by atoms with van der Waals surface area (Å²) in [4.78, 5) is 18.3. The maximum atomic E-state index is 15.7. The molecule has 0 unspecified atom stereocenters. The fourth-order valence-electron chi connectivity index (χ4n) is 5.00. The highest BCUT2D eigenvalue weighted by molar-refractivity contribution is 5.85. The van der Waals surface area contributed by atoms with Crippen molar-refractivity contribution in [3.05, 3.63) is 70.7 Å². The number of aromatic nitrogens is 1. The summed E-state index contributed by atoms with van der Waals surface area (Å²) in [5.41, 5.74) is -0.977. The van der Waals surface area contributed by atoms with Gasteiger partial charge >= 0.3 is 5.97 Å². The van der Waals surface area contributed by atoms with E-state index < -0.39 is 47.2 Å². The summed E-state index contributed by atoms with van der Waals surface area (Å²) in [5, 5.41) is 10.5. The van der Waals surface area contributed by atoms with Crippen molar-refractivity contribution in [2.24, 2.45) is 5.41 Å². The summed E-state index contributed by atoms with van der Waals surface area (Å²) in [6.07, 6.45) is 0.0299. The van der Waals surface area contributed by atoms with Crippen LogP contribution in [0, 0.1) is 34.7 Å². The van der Waals surface area contributed by atoms with Gasteiger partial charge in [-0.1, -0.05) is 11.8 Å². The smallest absolute Gasteiger partial charge is 0.309 e. The molecule has 10 heteroatoms. The van der Waals surface area contributed by atoms with E-state index >= 15 is 4.39 Å². The van der Waals surface area contributed by atoms with Crippen molar-refractivity contribution in [1.29, 1.82) is 0 Å². The maximum Gasteiger partial charge on any atom is 0.309 e. The molecular weight excluding hydrogens is 519 g/mol. The van der Waals surface area contributed by atoms with Crippen molar-refractivity contribution < 1.29 is 36.6 Å².